The normalized spacial score (nSPS) is 23.4. The topological polar surface area (TPSA) is 67.4 Å². The van der Waals surface area contributed by atoms with E-state index in [2.05, 4.69) is 10.0 Å². The maximum Gasteiger partial charge on any atom is 0.242 e. The summed E-state index contributed by atoms with van der Waals surface area (Å²) in [5.41, 5.74) is 0.807. The Morgan fingerprint density at radius 3 is 2.85 bits per heavy atom. The quantitative estimate of drug-likeness (QED) is 0.836. The lowest BCUT2D eigenvalue weighted by atomic mass is 10.2. The van der Waals surface area contributed by atoms with Gasteiger partial charge in [0.1, 0.15) is 4.90 Å². The van der Waals surface area contributed by atoms with Crippen molar-refractivity contribution in [1.29, 1.82) is 0 Å². The summed E-state index contributed by atoms with van der Waals surface area (Å²) in [4.78, 5) is 1.30. The SMILES string of the molecule is CCNCc1scc(C)c1S(=O)(=O)NC1CCOC1C. The lowest BCUT2D eigenvalue weighted by molar-refractivity contribution is 0.117. The second-order valence-electron chi connectivity index (χ2n) is 5.04. The Bertz CT molecular complexity index is 554. The van der Waals surface area contributed by atoms with Gasteiger partial charge in [0.15, 0.2) is 0 Å². The fraction of sp³-hybridized carbons (Fsp3) is 0.692. The van der Waals surface area contributed by atoms with E-state index in [0.717, 1.165) is 23.4 Å². The highest BCUT2D eigenvalue weighted by atomic mass is 32.2. The van der Waals surface area contributed by atoms with Crippen molar-refractivity contribution in [3.63, 3.8) is 0 Å². The van der Waals surface area contributed by atoms with Gasteiger partial charge < -0.3 is 10.1 Å². The highest BCUT2D eigenvalue weighted by molar-refractivity contribution is 7.89. The molecule has 2 atom stereocenters. The third-order valence-electron chi connectivity index (χ3n) is 3.48. The molecule has 2 rings (SSSR count). The van der Waals surface area contributed by atoms with E-state index in [9.17, 15) is 8.42 Å². The van der Waals surface area contributed by atoms with E-state index in [1.54, 1.807) is 0 Å². The first-order valence-corrected chi connectivity index (χ1v) is 9.23. The van der Waals surface area contributed by atoms with Crippen LogP contribution in [0.3, 0.4) is 0 Å². The monoisotopic (exact) mass is 318 g/mol. The summed E-state index contributed by atoms with van der Waals surface area (Å²) in [6.45, 7) is 7.76. The molecule has 114 valence electrons. The van der Waals surface area contributed by atoms with Crippen LogP contribution in [-0.2, 0) is 21.3 Å². The molecule has 5 nitrogen and oxygen atoms in total. The molecule has 1 saturated heterocycles. The van der Waals surface area contributed by atoms with Gasteiger partial charge in [0, 0.05) is 18.0 Å². The first-order chi connectivity index (χ1) is 9.45. The highest BCUT2D eigenvalue weighted by Crippen LogP contribution is 2.28. The largest absolute Gasteiger partial charge is 0.377 e. The van der Waals surface area contributed by atoms with Crippen molar-refractivity contribution >= 4 is 21.4 Å². The van der Waals surface area contributed by atoms with Gasteiger partial charge in [-0.25, -0.2) is 13.1 Å². The Labute approximate surface area is 124 Å². The number of rotatable bonds is 6. The van der Waals surface area contributed by atoms with E-state index in [0.29, 0.717) is 18.0 Å². The molecule has 1 aromatic rings. The van der Waals surface area contributed by atoms with Gasteiger partial charge in [-0.15, -0.1) is 11.3 Å². The van der Waals surface area contributed by atoms with Crippen LogP contribution in [0.1, 0.15) is 30.7 Å². The van der Waals surface area contributed by atoms with E-state index in [4.69, 9.17) is 4.74 Å². The zero-order chi connectivity index (χ0) is 14.8. The number of thiophene rings is 1. The number of ether oxygens (including phenoxy) is 1. The fourth-order valence-corrected chi connectivity index (χ4v) is 5.47. The third-order valence-corrected chi connectivity index (χ3v) is 6.43. The van der Waals surface area contributed by atoms with Gasteiger partial charge >= 0.3 is 0 Å². The van der Waals surface area contributed by atoms with Gasteiger partial charge in [-0.05, 0) is 37.8 Å². The lowest BCUT2D eigenvalue weighted by Crippen LogP contribution is -2.39. The average Bonchev–Trinajstić information content (AvgIpc) is 2.94. The predicted octanol–water partition coefficient (Wildman–Crippen LogP) is 1.62. The second-order valence-corrected chi connectivity index (χ2v) is 7.66. The Kier molecular flexibility index (Phi) is 5.19. The maximum atomic E-state index is 12.6. The van der Waals surface area contributed by atoms with Gasteiger partial charge in [0.2, 0.25) is 10.0 Å². The minimum Gasteiger partial charge on any atom is -0.377 e. The number of aryl methyl sites for hydroxylation is 1. The summed E-state index contributed by atoms with van der Waals surface area (Å²) in [5, 5.41) is 5.08. The molecule has 0 bridgehead atoms. The fourth-order valence-electron chi connectivity index (χ4n) is 2.35. The van der Waals surface area contributed by atoms with Crippen molar-refractivity contribution in [2.45, 2.75) is 50.8 Å². The first kappa shape index (κ1) is 15.9. The second kappa shape index (κ2) is 6.53. The first-order valence-electron chi connectivity index (χ1n) is 6.87. The van der Waals surface area contributed by atoms with Crippen LogP contribution in [0.25, 0.3) is 0 Å². The van der Waals surface area contributed by atoms with Gasteiger partial charge in [0.25, 0.3) is 0 Å². The number of hydrogen-bond acceptors (Lipinski definition) is 5. The third kappa shape index (κ3) is 3.40. The lowest BCUT2D eigenvalue weighted by Gasteiger charge is -2.17. The van der Waals surface area contributed by atoms with Crippen molar-refractivity contribution in [3.05, 3.63) is 15.8 Å². The molecule has 20 heavy (non-hydrogen) atoms. The van der Waals surface area contributed by atoms with E-state index in [1.165, 1.54) is 11.3 Å². The van der Waals surface area contributed by atoms with Crippen LogP contribution in [0.5, 0.6) is 0 Å². The summed E-state index contributed by atoms with van der Waals surface area (Å²) in [5.74, 6) is 0. The molecule has 0 radical (unpaired) electrons. The molecule has 1 aliphatic rings. The van der Waals surface area contributed by atoms with Crippen LogP contribution in [0.15, 0.2) is 10.3 Å². The van der Waals surface area contributed by atoms with Crippen LogP contribution in [-0.4, -0.2) is 33.7 Å². The molecule has 7 heteroatoms. The molecule has 1 aliphatic heterocycles. The maximum absolute atomic E-state index is 12.6. The Morgan fingerprint density at radius 1 is 1.50 bits per heavy atom. The van der Waals surface area contributed by atoms with Crippen LogP contribution >= 0.6 is 11.3 Å². The molecule has 0 spiro atoms. The molecule has 2 unspecified atom stereocenters. The molecular weight excluding hydrogens is 296 g/mol. The average molecular weight is 318 g/mol. The van der Waals surface area contributed by atoms with Crippen molar-refractivity contribution in [2.24, 2.45) is 0 Å². The molecule has 1 aromatic heterocycles. The van der Waals surface area contributed by atoms with E-state index in [1.807, 2.05) is 26.2 Å². The van der Waals surface area contributed by atoms with Crippen LogP contribution in [0.2, 0.25) is 0 Å². The zero-order valence-corrected chi connectivity index (χ0v) is 13.7. The molecule has 2 N–H and O–H groups in total. The van der Waals surface area contributed by atoms with E-state index >= 15 is 0 Å². The van der Waals surface area contributed by atoms with E-state index < -0.39 is 10.0 Å². The zero-order valence-electron chi connectivity index (χ0n) is 12.1. The molecule has 2 heterocycles. The van der Waals surface area contributed by atoms with Crippen LogP contribution < -0.4 is 10.0 Å². The van der Waals surface area contributed by atoms with Gasteiger partial charge in [-0.2, -0.15) is 0 Å². The van der Waals surface area contributed by atoms with Crippen molar-refractivity contribution in [3.8, 4) is 0 Å². The predicted molar refractivity (Wildman–Crippen MR) is 80.6 cm³/mol. The molecule has 0 aliphatic carbocycles. The highest BCUT2D eigenvalue weighted by Gasteiger charge is 2.31. The summed E-state index contributed by atoms with van der Waals surface area (Å²) in [6, 6.07) is -0.133. The van der Waals surface area contributed by atoms with Crippen LogP contribution in [0.4, 0.5) is 0 Å². The molecule has 0 saturated carbocycles. The molecule has 0 aromatic carbocycles. The van der Waals surface area contributed by atoms with Gasteiger partial charge in [-0.1, -0.05) is 6.92 Å². The molecule has 1 fully saturated rings. The van der Waals surface area contributed by atoms with Crippen molar-refractivity contribution in [1.82, 2.24) is 10.0 Å². The van der Waals surface area contributed by atoms with Crippen LogP contribution in [0, 0.1) is 6.92 Å². The van der Waals surface area contributed by atoms with Gasteiger partial charge in [0.05, 0.1) is 12.1 Å². The molecular formula is C13H22N2O3S2. The Balaban J connectivity index is 2.22. The summed E-state index contributed by atoms with van der Waals surface area (Å²) in [6.07, 6.45) is 0.660. The minimum absolute atomic E-state index is 0.0686. The smallest absolute Gasteiger partial charge is 0.242 e. The van der Waals surface area contributed by atoms with Crippen molar-refractivity contribution in [2.75, 3.05) is 13.2 Å². The number of nitrogens with one attached hydrogen (secondary N) is 2. The number of sulfonamides is 1. The minimum atomic E-state index is -3.48. The standard InChI is InChI=1S/C13H22N2O3S2/c1-4-14-7-12-13(9(2)8-19-12)20(16,17)15-11-5-6-18-10(11)3/h8,10-11,14-15H,4-7H2,1-3H3. The van der Waals surface area contributed by atoms with E-state index in [-0.39, 0.29) is 12.1 Å². The summed E-state index contributed by atoms with van der Waals surface area (Å²) < 4.78 is 33.4. The summed E-state index contributed by atoms with van der Waals surface area (Å²) in [7, 11) is -3.48. The number of hydrogen-bond donors (Lipinski definition) is 2. The van der Waals surface area contributed by atoms with Gasteiger partial charge in [-0.3, -0.25) is 0 Å². The van der Waals surface area contributed by atoms with Crippen molar-refractivity contribution < 1.29 is 13.2 Å². The Morgan fingerprint density at radius 2 is 2.25 bits per heavy atom. The molecule has 0 amide bonds. The Hall–Kier alpha value is -0.470. The summed E-state index contributed by atoms with van der Waals surface area (Å²) >= 11 is 1.49.